The smallest absolute Gasteiger partial charge is 0.293 e. The van der Waals surface area contributed by atoms with Crippen LogP contribution in [0.25, 0.3) is 11.6 Å². The van der Waals surface area contributed by atoms with Crippen molar-refractivity contribution < 1.29 is 18.4 Å². The molecule has 0 aromatic heterocycles. The van der Waals surface area contributed by atoms with Crippen LogP contribution in [0.3, 0.4) is 0 Å². The van der Waals surface area contributed by atoms with Crippen molar-refractivity contribution in [3.8, 4) is 0 Å². The van der Waals surface area contributed by atoms with E-state index in [1.165, 1.54) is 30.3 Å². The largest absolute Gasteiger partial charge is 0.363 e. The van der Waals surface area contributed by atoms with E-state index < -0.39 is 22.8 Å². The van der Waals surface area contributed by atoms with Crippen molar-refractivity contribution >= 4 is 51.8 Å². The Hall–Kier alpha value is -2.64. The highest BCUT2D eigenvalue weighted by atomic mass is 35.5. The van der Waals surface area contributed by atoms with Crippen LogP contribution in [0.15, 0.2) is 41.3 Å². The number of hydrogen-bond acceptors (Lipinski definition) is 4. The summed E-state index contributed by atoms with van der Waals surface area (Å²) in [6, 6.07) is 7.34. The second-order valence-electron chi connectivity index (χ2n) is 8.58. The van der Waals surface area contributed by atoms with E-state index in [2.05, 4.69) is 24.8 Å². The van der Waals surface area contributed by atoms with Gasteiger partial charge in [0, 0.05) is 33.9 Å². The summed E-state index contributed by atoms with van der Waals surface area (Å²) in [6.45, 7) is 8.56. The number of anilines is 1. The lowest BCUT2D eigenvalue weighted by atomic mass is 9.88. The molecule has 2 aliphatic heterocycles. The van der Waals surface area contributed by atoms with Crippen LogP contribution in [0.1, 0.15) is 44.4 Å². The molecule has 2 heterocycles. The Morgan fingerprint density at radius 3 is 2.55 bits per heavy atom. The maximum absolute atomic E-state index is 15.1. The Morgan fingerprint density at radius 2 is 1.88 bits per heavy atom. The van der Waals surface area contributed by atoms with Gasteiger partial charge in [0.05, 0.1) is 17.0 Å². The number of nitrogens with zero attached hydrogens (tertiary/aromatic N) is 2. The molecule has 0 aliphatic carbocycles. The molecule has 1 saturated heterocycles. The lowest BCUT2D eigenvalue weighted by molar-refractivity contribution is -0.123. The summed E-state index contributed by atoms with van der Waals surface area (Å²) in [5, 5.41) is -0.427. The molecule has 2 aromatic rings. The van der Waals surface area contributed by atoms with Crippen LogP contribution in [-0.4, -0.2) is 28.1 Å². The zero-order chi connectivity index (χ0) is 24.1. The molecule has 8 heteroatoms. The van der Waals surface area contributed by atoms with Crippen molar-refractivity contribution in [3.05, 3.63) is 74.7 Å². The van der Waals surface area contributed by atoms with E-state index >= 15 is 4.39 Å². The fourth-order valence-electron chi connectivity index (χ4n) is 4.42. The molecule has 4 nitrogen and oxygen atoms in total. The summed E-state index contributed by atoms with van der Waals surface area (Å²) in [6.07, 6.45) is 3.51. The first-order valence-electron chi connectivity index (χ1n) is 10.5. The summed E-state index contributed by atoms with van der Waals surface area (Å²) < 4.78 is 29.3. The number of allylic oxidation sites excluding steroid dienone is 1. The van der Waals surface area contributed by atoms with Crippen LogP contribution in [0.4, 0.5) is 19.3 Å². The predicted octanol–water partition coefficient (Wildman–Crippen LogP) is 6.88. The third-order valence-electron chi connectivity index (χ3n) is 5.95. The van der Waals surface area contributed by atoms with Gasteiger partial charge in [0.15, 0.2) is 0 Å². The molecule has 2 amide bonds. The fourth-order valence-corrected chi connectivity index (χ4v) is 5.47. The van der Waals surface area contributed by atoms with E-state index in [-0.39, 0.29) is 33.1 Å². The first kappa shape index (κ1) is 23.5. The van der Waals surface area contributed by atoms with Crippen LogP contribution in [0, 0.1) is 11.6 Å². The molecule has 0 radical (unpaired) electrons. The van der Waals surface area contributed by atoms with E-state index in [0.717, 1.165) is 21.7 Å². The molecule has 0 unspecified atom stereocenters. The molecule has 0 atom stereocenters. The number of imide groups is 1. The van der Waals surface area contributed by atoms with Crippen LogP contribution < -0.4 is 4.90 Å². The molecule has 4 rings (SSSR count). The molecule has 0 N–H and O–H groups in total. The van der Waals surface area contributed by atoms with E-state index in [4.69, 9.17) is 11.6 Å². The minimum absolute atomic E-state index is 0.0608. The molecular weight excluding hydrogens is 466 g/mol. The minimum Gasteiger partial charge on any atom is -0.363 e. The van der Waals surface area contributed by atoms with Gasteiger partial charge in [-0.15, -0.1) is 0 Å². The summed E-state index contributed by atoms with van der Waals surface area (Å²) in [5.74, 6) is -1.69. The standard InChI is InChI=1S/C25H23ClF2N2O2S/c1-5-30-21-11-20(28)15(9-16(21)14(2)12-25(30,3)4)10-22-23(31)29(24(32)33-22)13-17-18(26)7-6-8-19(17)27/h6-12H,5,13H2,1-4H3/b22-10+. The Balaban J connectivity index is 1.68. The first-order chi connectivity index (χ1) is 15.5. The zero-order valence-electron chi connectivity index (χ0n) is 18.7. The van der Waals surface area contributed by atoms with E-state index in [1.54, 1.807) is 6.07 Å². The van der Waals surface area contributed by atoms with Gasteiger partial charge in [0.1, 0.15) is 11.6 Å². The molecular formula is C25H23ClF2N2O2S. The van der Waals surface area contributed by atoms with Gasteiger partial charge in [-0.2, -0.15) is 0 Å². The topological polar surface area (TPSA) is 40.6 Å². The van der Waals surface area contributed by atoms with Gasteiger partial charge in [-0.1, -0.05) is 23.7 Å². The maximum Gasteiger partial charge on any atom is 0.293 e. The molecule has 2 aliphatic rings. The average molecular weight is 489 g/mol. The van der Waals surface area contributed by atoms with Crippen molar-refractivity contribution in [1.29, 1.82) is 0 Å². The van der Waals surface area contributed by atoms with E-state index in [1.807, 2.05) is 13.8 Å². The first-order valence-corrected chi connectivity index (χ1v) is 11.7. The van der Waals surface area contributed by atoms with Crippen LogP contribution in [-0.2, 0) is 11.3 Å². The van der Waals surface area contributed by atoms with Gasteiger partial charge >= 0.3 is 0 Å². The molecule has 33 heavy (non-hydrogen) atoms. The molecule has 0 spiro atoms. The fraction of sp³-hybridized carbons (Fsp3) is 0.280. The number of rotatable bonds is 4. The molecule has 0 saturated carbocycles. The van der Waals surface area contributed by atoms with Crippen molar-refractivity contribution in [3.63, 3.8) is 0 Å². The predicted molar refractivity (Wildman–Crippen MR) is 130 cm³/mol. The number of thioether (sulfide) groups is 1. The van der Waals surface area contributed by atoms with Gasteiger partial charge in [0.25, 0.3) is 11.1 Å². The Kier molecular flexibility index (Phi) is 6.14. The van der Waals surface area contributed by atoms with Crippen molar-refractivity contribution in [2.24, 2.45) is 0 Å². The zero-order valence-corrected chi connectivity index (χ0v) is 20.3. The summed E-state index contributed by atoms with van der Waals surface area (Å²) >= 11 is 6.75. The summed E-state index contributed by atoms with van der Waals surface area (Å²) in [4.78, 5) is 28.5. The highest BCUT2D eigenvalue weighted by Gasteiger charge is 2.36. The number of likely N-dealkylation sites (N-methyl/N-ethyl adjacent to an activating group) is 1. The SMILES string of the molecule is CCN1c2cc(F)c(/C=C3/SC(=O)N(Cc4c(F)cccc4Cl)C3=O)cc2C(C)=CC1(C)C. The third-order valence-corrected chi connectivity index (χ3v) is 7.21. The average Bonchev–Trinajstić information content (AvgIpc) is 2.98. The van der Waals surface area contributed by atoms with Crippen LogP contribution >= 0.6 is 23.4 Å². The third kappa shape index (κ3) is 4.20. The van der Waals surface area contributed by atoms with Gasteiger partial charge < -0.3 is 4.90 Å². The number of fused-ring (bicyclic) bond motifs is 1. The number of amides is 2. The molecule has 0 bridgehead atoms. The van der Waals surface area contributed by atoms with Crippen molar-refractivity contribution in [1.82, 2.24) is 4.90 Å². The van der Waals surface area contributed by atoms with Crippen molar-refractivity contribution in [2.75, 3.05) is 11.4 Å². The minimum atomic E-state index is -0.606. The van der Waals surface area contributed by atoms with E-state index in [0.29, 0.717) is 18.3 Å². The number of carbonyl (C=O) groups excluding carboxylic acids is 2. The van der Waals surface area contributed by atoms with Gasteiger partial charge in [-0.25, -0.2) is 8.78 Å². The highest BCUT2D eigenvalue weighted by Crippen LogP contribution is 2.41. The number of carbonyl (C=O) groups is 2. The molecule has 2 aromatic carbocycles. The number of benzene rings is 2. The highest BCUT2D eigenvalue weighted by molar-refractivity contribution is 8.18. The van der Waals surface area contributed by atoms with Crippen LogP contribution in [0.2, 0.25) is 5.02 Å². The van der Waals surface area contributed by atoms with Crippen molar-refractivity contribution in [2.45, 2.75) is 39.8 Å². The summed E-state index contributed by atoms with van der Waals surface area (Å²) in [5.41, 5.74) is 2.70. The monoisotopic (exact) mass is 488 g/mol. The van der Waals surface area contributed by atoms with Crippen LogP contribution in [0.5, 0.6) is 0 Å². The number of halogens is 3. The quantitative estimate of drug-likeness (QED) is 0.440. The lowest BCUT2D eigenvalue weighted by Gasteiger charge is -2.42. The Labute approximate surface area is 200 Å². The molecule has 172 valence electrons. The normalized spacial score (nSPS) is 18.8. The second kappa shape index (κ2) is 8.61. The lowest BCUT2D eigenvalue weighted by Crippen LogP contribution is -2.45. The Bertz CT molecular complexity index is 1220. The summed E-state index contributed by atoms with van der Waals surface area (Å²) in [7, 11) is 0. The number of hydrogen-bond donors (Lipinski definition) is 0. The van der Waals surface area contributed by atoms with E-state index in [9.17, 15) is 14.0 Å². The maximum atomic E-state index is 15.1. The van der Waals surface area contributed by atoms with Gasteiger partial charge in [-0.05, 0) is 75.4 Å². The second-order valence-corrected chi connectivity index (χ2v) is 9.98. The van der Waals surface area contributed by atoms with Gasteiger partial charge in [0.2, 0.25) is 0 Å². The Morgan fingerprint density at radius 1 is 1.15 bits per heavy atom. The molecule has 1 fully saturated rings. The van der Waals surface area contributed by atoms with Gasteiger partial charge in [-0.3, -0.25) is 14.5 Å².